The molecule has 6 nitrogen and oxygen atoms in total. The van der Waals surface area contributed by atoms with Crippen molar-refractivity contribution in [2.45, 2.75) is 32.8 Å². The van der Waals surface area contributed by atoms with Gasteiger partial charge in [-0.15, -0.1) is 0 Å². The highest BCUT2D eigenvalue weighted by Gasteiger charge is 2.26. The third kappa shape index (κ3) is 3.76. The Labute approximate surface area is 142 Å². The van der Waals surface area contributed by atoms with Gasteiger partial charge in [0.05, 0.1) is 35.7 Å². The van der Waals surface area contributed by atoms with E-state index in [0.29, 0.717) is 18.6 Å². The molecule has 0 N–H and O–H groups in total. The largest absolute Gasteiger partial charge is 0.491 e. The van der Waals surface area contributed by atoms with Gasteiger partial charge in [-0.2, -0.15) is 5.10 Å². The summed E-state index contributed by atoms with van der Waals surface area (Å²) in [5.74, 6) is 0.863. The van der Waals surface area contributed by atoms with E-state index in [4.69, 9.17) is 9.47 Å². The first-order valence-corrected chi connectivity index (χ1v) is 8.48. The molecule has 1 fully saturated rings. The number of Topliss-reactive ketones (excluding diaryl/α,β-unsaturated/α-hetero) is 1. The van der Waals surface area contributed by atoms with E-state index in [0.717, 1.165) is 37.5 Å². The molecule has 3 rings (SSSR count). The van der Waals surface area contributed by atoms with Crippen molar-refractivity contribution in [3.63, 3.8) is 0 Å². The van der Waals surface area contributed by atoms with E-state index in [-0.39, 0.29) is 11.4 Å². The van der Waals surface area contributed by atoms with E-state index >= 15 is 0 Å². The number of fused-ring (bicyclic) bond motifs is 1. The third-order valence-electron chi connectivity index (χ3n) is 4.29. The van der Waals surface area contributed by atoms with Crippen molar-refractivity contribution in [1.82, 2.24) is 14.5 Å². The molecular formula is C18H25N3O3. The van der Waals surface area contributed by atoms with Crippen LogP contribution >= 0.6 is 0 Å². The lowest BCUT2D eigenvalue weighted by molar-refractivity contribution is -0.0875. The Morgan fingerprint density at radius 1 is 1.42 bits per heavy atom. The van der Waals surface area contributed by atoms with Gasteiger partial charge in [-0.1, -0.05) is 6.92 Å². The fourth-order valence-corrected chi connectivity index (χ4v) is 3.05. The van der Waals surface area contributed by atoms with Crippen molar-refractivity contribution in [3.8, 4) is 5.75 Å². The van der Waals surface area contributed by atoms with Crippen LogP contribution in [0.5, 0.6) is 5.75 Å². The summed E-state index contributed by atoms with van der Waals surface area (Å²) in [5, 5.41) is 4.25. The third-order valence-corrected chi connectivity index (χ3v) is 4.29. The summed E-state index contributed by atoms with van der Waals surface area (Å²) >= 11 is 0. The van der Waals surface area contributed by atoms with Crippen molar-refractivity contribution in [2.24, 2.45) is 0 Å². The van der Waals surface area contributed by atoms with Gasteiger partial charge >= 0.3 is 0 Å². The van der Waals surface area contributed by atoms with E-state index in [1.54, 1.807) is 10.7 Å². The second kappa shape index (κ2) is 6.91. The van der Waals surface area contributed by atoms with E-state index < -0.39 is 0 Å². The van der Waals surface area contributed by atoms with Gasteiger partial charge in [0.2, 0.25) is 0 Å². The van der Waals surface area contributed by atoms with Crippen molar-refractivity contribution in [1.29, 1.82) is 0 Å². The Balaban J connectivity index is 1.59. The summed E-state index contributed by atoms with van der Waals surface area (Å²) in [6.07, 6.45) is 3.93. The average Bonchev–Trinajstić information content (AvgIpc) is 2.96. The SMILES string of the molecule is CCC(=O)c1cnn2cc(OCCN3CCOC(C)(C)C3)ccc12. The predicted molar refractivity (Wildman–Crippen MR) is 91.8 cm³/mol. The zero-order chi connectivity index (χ0) is 17.2. The second-order valence-corrected chi connectivity index (χ2v) is 6.76. The Kier molecular flexibility index (Phi) is 4.87. The Bertz CT molecular complexity index is 723. The number of pyridine rings is 1. The highest BCUT2D eigenvalue weighted by molar-refractivity contribution is 6.01. The molecule has 3 heterocycles. The minimum Gasteiger partial charge on any atom is -0.491 e. The number of carbonyl (C=O) groups excluding carboxylic acids is 1. The Morgan fingerprint density at radius 2 is 2.25 bits per heavy atom. The number of ether oxygens (including phenoxy) is 2. The van der Waals surface area contributed by atoms with Gasteiger partial charge in [0.25, 0.3) is 0 Å². The van der Waals surface area contributed by atoms with Crippen LogP contribution < -0.4 is 4.74 Å². The van der Waals surface area contributed by atoms with Gasteiger partial charge in [-0.05, 0) is 26.0 Å². The predicted octanol–water partition coefficient (Wildman–Crippen LogP) is 2.42. The summed E-state index contributed by atoms with van der Waals surface area (Å²) in [5.41, 5.74) is 1.40. The molecule has 6 heteroatoms. The number of rotatable bonds is 6. The normalized spacial score (nSPS) is 18.0. The van der Waals surface area contributed by atoms with Gasteiger partial charge in [0, 0.05) is 26.1 Å². The average molecular weight is 331 g/mol. The molecule has 24 heavy (non-hydrogen) atoms. The first-order chi connectivity index (χ1) is 11.5. The number of nitrogens with zero attached hydrogens (tertiary/aromatic N) is 3. The van der Waals surface area contributed by atoms with Crippen LogP contribution in [0.25, 0.3) is 5.52 Å². The van der Waals surface area contributed by atoms with E-state index in [9.17, 15) is 4.79 Å². The fraction of sp³-hybridized carbons (Fsp3) is 0.556. The highest BCUT2D eigenvalue weighted by atomic mass is 16.5. The molecule has 0 atom stereocenters. The number of hydrogen-bond donors (Lipinski definition) is 0. The van der Waals surface area contributed by atoms with E-state index in [1.165, 1.54) is 0 Å². The Hall–Kier alpha value is -1.92. The van der Waals surface area contributed by atoms with E-state index in [2.05, 4.69) is 23.8 Å². The van der Waals surface area contributed by atoms with Crippen molar-refractivity contribution in [3.05, 3.63) is 30.1 Å². The fourth-order valence-electron chi connectivity index (χ4n) is 3.05. The van der Waals surface area contributed by atoms with Crippen LogP contribution in [0.4, 0.5) is 0 Å². The number of hydrogen-bond acceptors (Lipinski definition) is 5. The molecule has 0 radical (unpaired) electrons. The molecule has 130 valence electrons. The van der Waals surface area contributed by atoms with Crippen LogP contribution in [-0.2, 0) is 4.74 Å². The lowest BCUT2D eigenvalue weighted by Crippen LogP contribution is -2.49. The zero-order valence-corrected chi connectivity index (χ0v) is 14.6. The molecule has 1 saturated heterocycles. The van der Waals surface area contributed by atoms with Crippen LogP contribution in [0, 0.1) is 0 Å². The lowest BCUT2D eigenvalue weighted by Gasteiger charge is -2.38. The summed E-state index contributed by atoms with van der Waals surface area (Å²) in [6, 6.07) is 3.79. The van der Waals surface area contributed by atoms with Crippen LogP contribution in [0.3, 0.4) is 0 Å². The number of morpholine rings is 1. The smallest absolute Gasteiger partial charge is 0.166 e. The minimum atomic E-state index is -0.0889. The Morgan fingerprint density at radius 3 is 3.00 bits per heavy atom. The molecule has 0 aliphatic carbocycles. The molecule has 1 aliphatic rings. The zero-order valence-electron chi connectivity index (χ0n) is 14.6. The van der Waals surface area contributed by atoms with Crippen LogP contribution in [0.1, 0.15) is 37.6 Å². The summed E-state index contributed by atoms with van der Waals surface area (Å²) in [4.78, 5) is 14.2. The molecule has 0 aromatic carbocycles. The van der Waals surface area contributed by atoms with Gasteiger partial charge in [0.1, 0.15) is 12.4 Å². The molecule has 0 unspecified atom stereocenters. The minimum absolute atomic E-state index is 0.0889. The molecule has 2 aromatic heterocycles. The number of aromatic nitrogens is 2. The lowest BCUT2D eigenvalue weighted by atomic mass is 10.1. The first-order valence-electron chi connectivity index (χ1n) is 8.48. The molecular weight excluding hydrogens is 306 g/mol. The van der Waals surface area contributed by atoms with Gasteiger partial charge in [0.15, 0.2) is 5.78 Å². The summed E-state index contributed by atoms with van der Waals surface area (Å²) < 4.78 is 13.3. The molecule has 2 aromatic rings. The van der Waals surface area contributed by atoms with Gasteiger partial charge in [-0.3, -0.25) is 9.69 Å². The molecule has 0 saturated carbocycles. The quantitative estimate of drug-likeness (QED) is 0.761. The van der Waals surface area contributed by atoms with Crippen LogP contribution in [0.15, 0.2) is 24.5 Å². The second-order valence-electron chi connectivity index (χ2n) is 6.76. The molecule has 0 spiro atoms. The first kappa shape index (κ1) is 16.9. The maximum absolute atomic E-state index is 11.9. The maximum atomic E-state index is 11.9. The standard InChI is InChI=1S/C18H25N3O3/c1-4-17(22)15-11-19-21-12-14(5-6-16(15)21)23-9-7-20-8-10-24-18(2,3)13-20/h5-6,11-12H,4,7-10,13H2,1-3H3. The van der Waals surface area contributed by atoms with Gasteiger partial charge in [-0.25, -0.2) is 4.52 Å². The summed E-state index contributed by atoms with van der Waals surface area (Å²) in [6.45, 7) is 10.2. The number of carbonyl (C=O) groups is 1. The van der Waals surface area contributed by atoms with Gasteiger partial charge < -0.3 is 9.47 Å². The highest BCUT2D eigenvalue weighted by Crippen LogP contribution is 2.19. The monoisotopic (exact) mass is 331 g/mol. The molecule has 0 amide bonds. The van der Waals surface area contributed by atoms with Crippen LogP contribution in [-0.4, -0.2) is 58.7 Å². The van der Waals surface area contributed by atoms with E-state index in [1.807, 2.05) is 25.3 Å². The van der Waals surface area contributed by atoms with Crippen LogP contribution in [0.2, 0.25) is 0 Å². The topological polar surface area (TPSA) is 56.1 Å². The van der Waals surface area contributed by atoms with Crippen molar-refractivity contribution in [2.75, 3.05) is 32.8 Å². The number of ketones is 1. The molecule has 0 bridgehead atoms. The van der Waals surface area contributed by atoms with Crippen molar-refractivity contribution >= 4 is 11.3 Å². The summed E-state index contributed by atoms with van der Waals surface area (Å²) in [7, 11) is 0. The van der Waals surface area contributed by atoms with Crippen molar-refractivity contribution < 1.29 is 14.3 Å². The molecule has 1 aliphatic heterocycles. The maximum Gasteiger partial charge on any atom is 0.166 e.